The van der Waals surface area contributed by atoms with Gasteiger partial charge in [-0.05, 0) is 18.1 Å². The van der Waals surface area contributed by atoms with E-state index in [2.05, 4.69) is 15.9 Å². The largest absolute Gasteiger partial charge is 0.508 e. The molecule has 0 saturated carbocycles. The summed E-state index contributed by atoms with van der Waals surface area (Å²) in [6.45, 7) is 0. The first-order chi connectivity index (χ1) is 6.68. The Morgan fingerprint density at radius 3 is 2.50 bits per heavy atom. The SMILES string of the molecule is [2H]c1c([2H])c(C(F)(F)F)c(Br)c([2H])c1O. The van der Waals surface area contributed by atoms with E-state index < -0.39 is 40.1 Å². The van der Waals surface area contributed by atoms with Gasteiger partial charge in [0.05, 0.1) is 9.68 Å². The molecule has 12 heavy (non-hydrogen) atoms. The van der Waals surface area contributed by atoms with Gasteiger partial charge in [0.25, 0.3) is 0 Å². The van der Waals surface area contributed by atoms with Crippen molar-refractivity contribution in [3.05, 3.63) is 28.2 Å². The molecule has 0 aromatic heterocycles. The molecule has 0 unspecified atom stereocenters. The summed E-state index contributed by atoms with van der Waals surface area (Å²) in [5.41, 5.74) is -1.42. The second-order valence-corrected chi connectivity index (χ2v) is 2.70. The van der Waals surface area contributed by atoms with Crippen LogP contribution in [0.1, 0.15) is 9.68 Å². The number of rotatable bonds is 0. The van der Waals surface area contributed by atoms with Gasteiger partial charge >= 0.3 is 6.18 Å². The zero-order valence-corrected chi connectivity index (χ0v) is 7.05. The lowest BCUT2D eigenvalue weighted by atomic mass is 10.2. The minimum Gasteiger partial charge on any atom is -0.508 e. The summed E-state index contributed by atoms with van der Waals surface area (Å²) >= 11 is 2.48. The van der Waals surface area contributed by atoms with Crippen molar-refractivity contribution in [3.8, 4) is 5.75 Å². The Balaban J connectivity index is 3.68. The standard InChI is InChI=1S/C7H4BrF3O/c8-6-3-4(12)1-2-5(6)7(9,10)11/h1-3,12H/i1D,2D,3D. The Morgan fingerprint density at radius 2 is 2.00 bits per heavy atom. The molecule has 1 aromatic rings. The highest BCUT2D eigenvalue weighted by Crippen LogP contribution is 2.36. The van der Waals surface area contributed by atoms with Crippen LogP contribution in [0.5, 0.6) is 5.75 Å². The smallest absolute Gasteiger partial charge is 0.417 e. The predicted molar refractivity (Wildman–Crippen MR) is 40.8 cm³/mol. The molecule has 1 N–H and O–H groups in total. The van der Waals surface area contributed by atoms with E-state index >= 15 is 0 Å². The number of halogens is 4. The van der Waals surface area contributed by atoms with Gasteiger partial charge in [0.2, 0.25) is 0 Å². The second-order valence-electron chi connectivity index (χ2n) is 1.91. The molecule has 0 aliphatic carbocycles. The normalized spacial score (nSPS) is 15.2. The van der Waals surface area contributed by atoms with Crippen LogP contribution >= 0.6 is 15.9 Å². The van der Waals surface area contributed by atoms with Gasteiger partial charge in [-0.15, -0.1) is 0 Å². The van der Waals surface area contributed by atoms with Crippen molar-refractivity contribution in [2.75, 3.05) is 0 Å². The Labute approximate surface area is 79.2 Å². The van der Waals surface area contributed by atoms with Crippen LogP contribution in [-0.4, -0.2) is 5.11 Å². The molecule has 1 rings (SSSR count). The minimum absolute atomic E-state index is 0.728. The molecule has 0 aliphatic rings. The highest BCUT2D eigenvalue weighted by Gasteiger charge is 2.32. The molecule has 0 heterocycles. The Bertz CT molecular complexity index is 390. The van der Waals surface area contributed by atoms with E-state index in [0.717, 1.165) is 0 Å². The number of aromatic hydroxyl groups is 1. The zero-order valence-electron chi connectivity index (χ0n) is 8.46. The fourth-order valence-electron chi connectivity index (χ4n) is 0.570. The van der Waals surface area contributed by atoms with Crippen molar-refractivity contribution in [3.63, 3.8) is 0 Å². The van der Waals surface area contributed by atoms with Gasteiger partial charge in [0, 0.05) is 4.47 Å². The third kappa shape index (κ3) is 1.91. The lowest BCUT2D eigenvalue weighted by Crippen LogP contribution is -2.05. The fraction of sp³-hybridized carbons (Fsp3) is 0.143. The Morgan fingerprint density at radius 1 is 1.42 bits per heavy atom. The number of phenolic OH excluding ortho intramolecular Hbond substituents is 1. The predicted octanol–water partition coefficient (Wildman–Crippen LogP) is 3.17. The first kappa shape index (κ1) is 5.85. The van der Waals surface area contributed by atoms with Crippen LogP contribution in [0.2, 0.25) is 0 Å². The molecule has 0 aliphatic heterocycles. The first-order valence-corrected chi connectivity index (χ1v) is 3.52. The maximum Gasteiger partial charge on any atom is 0.417 e. The summed E-state index contributed by atoms with van der Waals surface area (Å²) in [5, 5.41) is 9.07. The third-order valence-corrected chi connectivity index (χ3v) is 1.63. The minimum atomic E-state index is -4.84. The number of phenols is 1. The Kier molecular flexibility index (Phi) is 1.45. The van der Waals surface area contributed by atoms with Gasteiger partial charge in [-0.25, -0.2) is 0 Å². The lowest BCUT2D eigenvalue weighted by molar-refractivity contribution is -0.138. The monoisotopic (exact) mass is 243 g/mol. The summed E-state index contributed by atoms with van der Waals surface area (Å²) in [6, 6.07) is -3.00. The molecule has 0 amide bonds. The van der Waals surface area contributed by atoms with Crippen LogP contribution in [0.15, 0.2) is 22.6 Å². The van der Waals surface area contributed by atoms with Crippen molar-refractivity contribution in [1.29, 1.82) is 0 Å². The van der Waals surface area contributed by atoms with Crippen LogP contribution < -0.4 is 0 Å². The third-order valence-electron chi connectivity index (χ3n) is 1.04. The molecule has 1 aromatic carbocycles. The van der Waals surface area contributed by atoms with Crippen molar-refractivity contribution < 1.29 is 22.4 Å². The molecular formula is C7H4BrF3O. The summed E-state index contributed by atoms with van der Waals surface area (Å²) in [4.78, 5) is 0. The van der Waals surface area contributed by atoms with E-state index in [1.807, 2.05) is 0 Å². The van der Waals surface area contributed by atoms with Crippen molar-refractivity contribution in [2.45, 2.75) is 6.18 Å². The average molecular weight is 244 g/mol. The molecule has 0 bridgehead atoms. The molecule has 1 nitrogen and oxygen atoms in total. The van der Waals surface area contributed by atoms with E-state index in [4.69, 9.17) is 9.22 Å². The van der Waals surface area contributed by atoms with Gasteiger partial charge in [-0.1, -0.05) is 15.9 Å². The van der Waals surface area contributed by atoms with E-state index in [9.17, 15) is 13.2 Å². The summed E-state index contributed by atoms with van der Waals surface area (Å²) in [7, 11) is 0. The van der Waals surface area contributed by atoms with Crippen LogP contribution in [0.25, 0.3) is 0 Å². The second kappa shape index (κ2) is 2.97. The van der Waals surface area contributed by atoms with Crippen LogP contribution in [-0.2, 0) is 6.18 Å². The van der Waals surface area contributed by atoms with Gasteiger partial charge < -0.3 is 5.11 Å². The maximum atomic E-state index is 12.4. The Hall–Kier alpha value is -0.710. The van der Waals surface area contributed by atoms with E-state index in [1.54, 1.807) is 0 Å². The van der Waals surface area contributed by atoms with E-state index in [-0.39, 0.29) is 0 Å². The summed E-state index contributed by atoms with van der Waals surface area (Å²) in [6.07, 6.45) is -4.84. The topological polar surface area (TPSA) is 20.2 Å². The highest BCUT2D eigenvalue weighted by atomic mass is 79.9. The number of benzene rings is 1. The van der Waals surface area contributed by atoms with Crippen LogP contribution in [0.4, 0.5) is 13.2 Å². The molecule has 5 heteroatoms. The van der Waals surface area contributed by atoms with Crippen molar-refractivity contribution >= 4 is 15.9 Å². The van der Waals surface area contributed by atoms with E-state index in [1.165, 1.54) is 0 Å². The molecular weight excluding hydrogens is 237 g/mol. The van der Waals surface area contributed by atoms with Crippen LogP contribution in [0, 0.1) is 0 Å². The summed E-state index contributed by atoms with van der Waals surface area (Å²) < 4.78 is 57.7. The van der Waals surface area contributed by atoms with Crippen molar-refractivity contribution in [1.82, 2.24) is 0 Å². The average Bonchev–Trinajstić information content (AvgIpc) is 2.09. The number of hydrogen-bond acceptors (Lipinski definition) is 1. The van der Waals surface area contributed by atoms with Gasteiger partial charge in [0.1, 0.15) is 5.75 Å². The fourth-order valence-corrected chi connectivity index (χ4v) is 1.08. The first-order valence-electron chi connectivity index (χ1n) is 4.23. The molecule has 0 radical (unpaired) electrons. The van der Waals surface area contributed by atoms with E-state index in [0.29, 0.717) is 0 Å². The number of alkyl halides is 3. The van der Waals surface area contributed by atoms with Gasteiger partial charge in [-0.2, -0.15) is 13.2 Å². The number of hydrogen-bond donors (Lipinski definition) is 1. The quantitative estimate of drug-likeness (QED) is 0.743. The van der Waals surface area contributed by atoms with Crippen LogP contribution in [0.3, 0.4) is 0 Å². The van der Waals surface area contributed by atoms with Gasteiger partial charge in [0.15, 0.2) is 0 Å². The van der Waals surface area contributed by atoms with Gasteiger partial charge in [-0.3, -0.25) is 0 Å². The summed E-state index contributed by atoms with van der Waals surface area (Å²) in [5.74, 6) is -0.945. The molecule has 0 fully saturated rings. The zero-order chi connectivity index (χ0) is 12.0. The molecule has 66 valence electrons. The molecule has 0 spiro atoms. The van der Waals surface area contributed by atoms with Crippen molar-refractivity contribution in [2.24, 2.45) is 0 Å². The molecule has 0 atom stereocenters. The lowest BCUT2D eigenvalue weighted by Gasteiger charge is -2.08. The highest BCUT2D eigenvalue weighted by molar-refractivity contribution is 9.10. The molecule has 0 saturated heterocycles. The maximum absolute atomic E-state index is 12.4.